The number of fused-ring (bicyclic) bond motifs is 1. The largest absolute Gasteiger partial charge is 0.497 e. The number of halogens is 1. The molecule has 3 aliphatic rings. The second-order valence-corrected chi connectivity index (χ2v) is 10.9. The van der Waals surface area contributed by atoms with Crippen LogP contribution in [0.1, 0.15) is 49.7 Å². The maximum Gasteiger partial charge on any atom is 0.296 e. The van der Waals surface area contributed by atoms with E-state index in [0.717, 1.165) is 23.4 Å². The minimum Gasteiger partial charge on any atom is -0.497 e. The van der Waals surface area contributed by atoms with E-state index < -0.39 is 6.04 Å². The predicted octanol–water partition coefficient (Wildman–Crippen LogP) is 4.46. The highest BCUT2D eigenvalue weighted by Crippen LogP contribution is 2.49. The number of carbonyl (C=O) groups excluding carboxylic acids is 2. The smallest absolute Gasteiger partial charge is 0.296 e. The first-order valence-electron chi connectivity index (χ1n) is 11.3. The topological polar surface area (TPSA) is 81.6 Å². The van der Waals surface area contributed by atoms with Crippen LogP contribution in [0, 0.1) is 11.8 Å². The van der Waals surface area contributed by atoms with Gasteiger partial charge in [0.1, 0.15) is 16.9 Å². The number of alkyl halides is 1. The first-order chi connectivity index (χ1) is 15.9. The lowest BCUT2D eigenvalue weighted by atomic mass is 9.77. The molecule has 1 amide bonds. The molecule has 2 aromatic rings. The Morgan fingerprint density at radius 2 is 2.09 bits per heavy atom. The minimum absolute atomic E-state index is 0.0535. The average molecular weight is 488 g/mol. The van der Waals surface area contributed by atoms with E-state index >= 15 is 0 Å². The number of Topliss-reactive ketones (excluding diaryl/α,β-unsaturated/α-hetero) is 1. The highest BCUT2D eigenvalue weighted by atomic mass is 35.5. The Labute approximate surface area is 201 Å². The Bertz CT molecular complexity index is 1130. The molecule has 2 aliphatic heterocycles. The van der Waals surface area contributed by atoms with Gasteiger partial charge < -0.3 is 9.47 Å². The van der Waals surface area contributed by atoms with Crippen LogP contribution in [-0.2, 0) is 20.7 Å². The number of anilines is 1. The maximum absolute atomic E-state index is 13.8. The van der Waals surface area contributed by atoms with Crippen LogP contribution in [0.2, 0.25) is 0 Å². The zero-order chi connectivity index (χ0) is 23.3. The molecule has 4 atom stereocenters. The molecule has 0 bridgehead atoms. The van der Waals surface area contributed by atoms with E-state index in [4.69, 9.17) is 21.1 Å². The third kappa shape index (κ3) is 3.93. The van der Waals surface area contributed by atoms with Crippen molar-refractivity contribution in [2.24, 2.45) is 11.8 Å². The van der Waals surface area contributed by atoms with Crippen molar-refractivity contribution < 1.29 is 19.1 Å². The summed E-state index contributed by atoms with van der Waals surface area (Å²) >= 11 is 7.78. The van der Waals surface area contributed by atoms with Crippen LogP contribution in [0.5, 0.6) is 5.75 Å². The van der Waals surface area contributed by atoms with Gasteiger partial charge in [0.15, 0.2) is 11.5 Å². The predicted molar refractivity (Wildman–Crippen MR) is 126 cm³/mol. The third-order valence-electron chi connectivity index (χ3n) is 6.44. The van der Waals surface area contributed by atoms with E-state index in [1.54, 1.807) is 12.0 Å². The highest BCUT2D eigenvalue weighted by Gasteiger charge is 2.54. The molecule has 0 N–H and O–H groups in total. The number of hydrogen-bond acceptors (Lipinski definition) is 7. The van der Waals surface area contributed by atoms with Crippen LogP contribution in [0.3, 0.4) is 0 Å². The summed E-state index contributed by atoms with van der Waals surface area (Å²) in [4.78, 5) is 29.0. The number of rotatable bonds is 5. The van der Waals surface area contributed by atoms with E-state index in [2.05, 4.69) is 24.0 Å². The number of hydrogen-bond donors (Lipinski definition) is 0. The number of nitrogens with zero attached hydrogens (tertiary/aromatic N) is 3. The summed E-state index contributed by atoms with van der Waals surface area (Å²) in [6.45, 7) is 4.22. The van der Waals surface area contributed by atoms with Crippen LogP contribution < -0.4 is 9.64 Å². The minimum atomic E-state index is -0.647. The van der Waals surface area contributed by atoms with Crippen LogP contribution in [0.25, 0.3) is 0 Å². The van der Waals surface area contributed by atoms with Gasteiger partial charge in [0.05, 0.1) is 24.6 Å². The molecular formula is C24H26ClN3O4S. The van der Waals surface area contributed by atoms with Crippen molar-refractivity contribution in [3.05, 3.63) is 46.2 Å². The monoisotopic (exact) mass is 487 g/mol. The van der Waals surface area contributed by atoms with Gasteiger partial charge in [-0.1, -0.05) is 37.3 Å². The molecule has 7 nitrogen and oxygen atoms in total. The number of carbonyl (C=O) groups is 2. The Morgan fingerprint density at radius 3 is 2.85 bits per heavy atom. The fourth-order valence-electron chi connectivity index (χ4n) is 4.91. The fraction of sp³-hybridized carbons (Fsp3) is 0.500. The van der Waals surface area contributed by atoms with E-state index in [1.165, 1.54) is 11.3 Å². The van der Waals surface area contributed by atoms with Gasteiger partial charge in [-0.05, 0) is 42.9 Å². The van der Waals surface area contributed by atoms with Crippen molar-refractivity contribution in [3.63, 3.8) is 0 Å². The molecule has 0 saturated heterocycles. The van der Waals surface area contributed by atoms with Gasteiger partial charge in [-0.3, -0.25) is 14.5 Å². The third-order valence-corrected chi connectivity index (χ3v) is 7.78. The Hall–Kier alpha value is -2.45. The fourth-order valence-corrected chi connectivity index (χ4v) is 6.31. The molecule has 0 spiro atoms. The van der Waals surface area contributed by atoms with Gasteiger partial charge >= 0.3 is 0 Å². The van der Waals surface area contributed by atoms with Crippen LogP contribution in [-0.4, -0.2) is 40.5 Å². The maximum atomic E-state index is 13.8. The molecule has 174 valence electrons. The van der Waals surface area contributed by atoms with E-state index in [1.807, 2.05) is 24.3 Å². The number of ketones is 1. The van der Waals surface area contributed by atoms with Crippen LogP contribution >= 0.6 is 22.9 Å². The highest BCUT2D eigenvalue weighted by molar-refractivity contribution is 7.15. The Balaban J connectivity index is 1.60. The van der Waals surface area contributed by atoms with Gasteiger partial charge in [0.2, 0.25) is 5.13 Å². The second kappa shape index (κ2) is 8.72. The quantitative estimate of drug-likeness (QED) is 0.579. The first-order valence-corrected chi connectivity index (χ1v) is 12.5. The van der Waals surface area contributed by atoms with E-state index in [-0.39, 0.29) is 34.8 Å². The Kier molecular flexibility index (Phi) is 5.91. The molecular weight excluding hydrogens is 462 g/mol. The molecule has 1 saturated carbocycles. The molecule has 5 rings (SSSR count). The second-order valence-electron chi connectivity index (χ2n) is 9.21. The lowest BCUT2D eigenvalue weighted by Gasteiger charge is -2.37. The molecule has 1 aliphatic carbocycles. The van der Waals surface area contributed by atoms with Gasteiger partial charge in [-0.15, -0.1) is 21.8 Å². The van der Waals surface area contributed by atoms with E-state index in [9.17, 15) is 9.59 Å². The zero-order valence-corrected chi connectivity index (χ0v) is 20.4. The standard InChI is InChI=1S/C24H26ClN3O4S/c1-12(2)9-18-26-27-24(33-18)28-20(13-5-4-6-15(10-13)31-3)19-21(29)16-11-14(25)7-8-17(16)32-22(19)23(28)30/h4-6,10,12,14,16-17,20H,7-9,11H2,1-3H3. The first kappa shape index (κ1) is 22.3. The number of aromatic nitrogens is 2. The number of benzene rings is 1. The van der Waals surface area contributed by atoms with Crippen molar-refractivity contribution in [2.45, 2.75) is 57.1 Å². The summed E-state index contributed by atoms with van der Waals surface area (Å²) in [5.74, 6) is 0.464. The van der Waals surface area contributed by atoms with Crippen molar-refractivity contribution in [1.82, 2.24) is 10.2 Å². The van der Waals surface area contributed by atoms with Gasteiger partial charge in [-0.25, -0.2) is 0 Å². The van der Waals surface area contributed by atoms with Gasteiger partial charge in [-0.2, -0.15) is 0 Å². The summed E-state index contributed by atoms with van der Waals surface area (Å²) in [6.07, 6.45) is 2.44. The van der Waals surface area contributed by atoms with Crippen LogP contribution in [0.4, 0.5) is 5.13 Å². The van der Waals surface area contributed by atoms with Crippen molar-refractivity contribution in [2.75, 3.05) is 12.0 Å². The van der Waals surface area contributed by atoms with Crippen molar-refractivity contribution in [1.29, 1.82) is 0 Å². The molecule has 9 heteroatoms. The molecule has 1 aromatic carbocycles. The SMILES string of the molecule is COc1cccc(C2C3=C(OC4CCC(Cl)CC4C3=O)C(=O)N2c2nnc(CC(C)C)s2)c1. The normalized spacial score (nSPS) is 27.0. The summed E-state index contributed by atoms with van der Waals surface area (Å²) < 4.78 is 11.6. The summed E-state index contributed by atoms with van der Waals surface area (Å²) in [6, 6.07) is 6.78. The number of amides is 1. The lowest BCUT2D eigenvalue weighted by molar-refractivity contribution is -0.131. The van der Waals surface area contributed by atoms with Crippen molar-refractivity contribution >= 4 is 39.8 Å². The molecule has 0 radical (unpaired) electrons. The molecule has 33 heavy (non-hydrogen) atoms. The number of ether oxygens (including phenoxy) is 2. The van der Waals surface area contributed by atoms with Gasteiger partial charge in [0, 0.05) is 11.8 Å². The molecule has 3 heterocycles. The summed E-state index contributed by atoms with van der Waals surface area (Å²) in [7, 11) is 1.59. The van der Waals surface area contributed by atoms with Crippen molar-refractivity contribution in [3.8, 4) is 5.75 Å². The Morgan fingerprint density at radius 1 is 1.27 bits per heavy atom. The summed E-state index contributed by atoms with van der Waals surface area (Å²) in [5.41, 5.74) is 1.16. The number of methoxy groups -OCH3 is 1. The average Bonchev–Trinajstić information content (AvgIpc) is 3.36. The zero-order valence-electron chi connectivity index (χ0n) is 18.8. The molecule has 4 unspecified atom stereocenters. The van der Waals surface area contributed by atoms with Gasteiger partial charge in [0.25, 0.3) is 5.91 Å². The molecule has 1 aromatic heterocycles. The van der Waals surface area contributed by atoms with Crippen LogP contribution in [0.15, 0.2) is 35.6 Å². The molecule has 1 fully saturated rings. The lowest BCUT2D eigenvalue weighted by Crippen LogP contribution is -2.41. The summed E-state index contributed by atoms with van der Waals surface area (Å²) in [5, 5.41) is 9.89. The van der Waals surface area contributed by atoms with E-state index in [0.29, 0.717) is 35.2 Å².